The quantitative estimate of drug-likeness (QED) is 0.298. The second-order valence-electron chi connectivity index (χ2n) is 6.42. The van der Waals surface area contributed by atoms with Gasteiger partial charge in [0.05, 0.1) is 13.1 Å². The van der Waals surface area contributed by atoms with Gasteiger partial charge < -0.3 is 16.0 Å². The van der Waals surface area contributed by atoms with Gasteiger partial charge in [0.1, 0.15) is 0 Å². The smallest absolute Gasteiger partial charge is 0.226 e. The number of hydrogen-bond acceptors (Lipinski definition) is 3. The molecule has 148 valence electrons. The highest BCUT2D eigenvalue weighted by Gasteiger charge is 2.07. The summed E-state index contributed by atoms with van der Waals surface area (Å²) < 4.78 is 0. The Morgan fingerprint density at radius 3 is 2.41 bits per heavy atom. The number of rotatable bonds is 7. The van der Waals surface area contributed by atoms with Gasteiger partial charge in [-0.15, -0.1) is 35.3 Å². The second kappa shape index (κ2) is 12.0. The predicted molar refractivity (Wildman–Crippen MR) is 126 cm³/mol. The standard InChI is InChI=1S/C20H28N4OS.HI/c1-5-21-20(23-13-18-15(4)10-11-26-18)22-12-16-6-8-17(9-7-16)24-19(25)14(2)3;/h6-11,14H,5,12-13H2,1-4H3,(H,24,25)(H2,21,22,23);1H. The lowest BCUT2D eigenvalue weighted by molar-refractivity contribution is -0.118. The SMILES string of the molecule is CCNC(=NCc1ccc(NC(=O)C(C)C)cc1)NCc1sccc1C.I. The number of anilines is 1. The number of carbonyl (C=O) groups excluding carboxylic acids is 1. The largest absolute Gasteiger partial charge is 0.357 e. The third-order valence-corrected chi connectivity index (χ3v) is 4.92. The topological polar surface area (TPSA) is 65.5 Å². The minimum atomic E-state index is -0.0278. The first kappa shape index (κ1) is 23.4. The fourth-order valence-corrected chi connectivity index (χ4v) is 3.09. The number of aliphatic imine (C=N–C) groups is 1. The maximum Gasteiger partial charge on any atom is 0.226 e. The number of guanidine groups is 1. The average Bonchev–Trinajstić information content (AvgIpc) is 3.03. The average molecular weight is 500 g/mol. The molecule has 2 aromatic rings. The van der Waals surface area contributed by atoms with E-state index in [1.54, 1.807) is 11.3 Å². The number of halogens is 1. The summed E-state index contributed by atoms with van der Waals surface area (Å²) in [5, 5.41) is 11.7. The zero-order valence-corrected chi connectivity index (χ0v) is 19.5. The van der Waals surface area contributed by atoms with Gasteiger partial charge in [-0.05, 0) is 48.6 Å². The molecule has 1 aromatic heterocycles. The highest BCUT2D eigenvalue weighted by molar-refractivity contribution is 14.0. The van der Waals surface area contributed by atoms with E-state index >= 15 is 0 Å². The van der Waals surface area contributed by atoms with Crippen LogP contribution < -0.4 is 16.0 Å². The molecule has 1 amide bonds. The fraction of sp³-hybridized carbons (Fsp3) is 0.400. The Balaban J connectivity index is 0.00000364. The molecular weight excluding hydrogens is 471 g/mol. The minimum Gasteiger partial charge on any atom is -0.357 e. The highest BCUT2D eigenvalue weighted by Crippen LogP contribution is 2.15. The number of hydrogen-bond donors (Lipinski definition) is 3. The van der Waals surface area contributed by atoms with Gasteiger partial charge in [-0.25, -0.2) is 4.99 Å². The molecule has 0 saturated heterocycles. The summed E-state index contributed by atoms with van der Waals surface area (Å²) in [6.07, 6.45) is 0. The Labute approximate surface area is 183 Å². The van der Waals surface area contributed by atoms with Crippen LogP contribution in [0.25, 0.3) is 0 Å². The van der Waals surface area contributed by atoms with Gasteiger partial charge in [-0.1, -0.05) is 26.0 Å². The van der Waals surface area contributed by atoms with Gasteiger partial charge in [-0.2, -0.15) is 0 Å². The number of carbonyl (C=O) groups is 1. The Morgan fingerprint density at radius 2 is 1.85 bits per heavy atom. The van der Waals surface area contributed by atoms with E-state index in [-0.39, 0.29) is 35.8 Å². The molecule has 1 heterocycles. The first-order valence-electron chi connectivity index (χ1n) is 8.94. The van der Waals surface area contributed by atoms with Crippen molar-refractivity contribution in [2.45, 2.75) is 40.8 Å². The van der Waals surface area contributed by atoms with Crippen LogP contribution in [-0.2, 0) is 17.9 Å². The molecule has 7 heteroatoms. The number of aryl methyl sites for hydroxylation is 1. The van der Waals surface area contributed by atoms with Crippen molar-refractivity contribution in [1.29, 1.82) is 0 Å². The maximum atomic E-state index is 11.7. The van der Waals surface area contributed by atoms with Crippen molar-refractivity contribution in [3.05, 3.63) is 51.7 Å². The second-order valence-corrected chi connectivity index (χ2v) is 7.42. The molecule has 0 spiro atoms. The molecule has 5 nitrogen and oxygen atoms in total. The van der Waals surface area contributed by atoms with E-state index in [0.717, 1.165) is 30.3 Å². The predicted octanol–water partition coefficient (Wildman–Crippen LogP) is 4.52. The molecular formula is C20H29IN4OS. The number of benzene rings is 1. The van der Waals surface area contributed by atoms with Crippen LogP contribution in [0, 0.1) is 12.8 Å². The van der Waals surface area contributed by atoms with Crippen molar-refractivity contribution in [2.75, 3.05) is 11.9 Å². The van der Waals surface area contributed by atoms with Gasteiger partial charge >= 0.3 is 0 Å². The van der Waals surface area contributed by atoms with Gasteiger partial charge in [-0.3, -0.25) is 4.79 Å². The van der Waals surface area contributed by atoms with E-state index in [4.69, 9.17) is 0 Å². The summed E-state index contributed by atoms with van der Waals surface area (Å²) in [5.74, 6) is 0.802. The van der Waals surface area contributed by atoms with Crippen LogP contribution in [0.5, 0.6) is 0 Å². The number of nitrogens with one attached hydrogen (secondary N) is 3. The Bertz CT molecular complexity index is 741. The van der Waals surface area contributed by atoms with Crippen molar-refractivity contribution < 1.29 is 4.79 Å². The van der Waals surface area contributed by atoms with Gasteiger partial charge in [0.25, 0.3) is 0 Å². The summed E-state index contributed by atoms with van der Waals surface area (Å²) in [6, 6.07) is 9.95. The minimum absolute atomic E-state index is 0. The maximum absolute atomic E-state index is 11.7. The molecule has 0 fully saturated rings. The lowest BCUT2D eigenvalue weighted by atomic mass is 10.2. The lowest BCUT2D eigenvalue weighted by Gasteiger charge is -2.11. The van der Waals surface area contributed by atoms with E-state index in [0.29, 0.717) is 6.54 Å². The van der Waals surface area contributed by atoms with Crippen molar-refractivity contribution in [2.24, 2.45) is 10.9 Å². The Morgan fingerprint density at radius 1 is 1.15 bits per heavy atom. The van der Waals surface area contributed by atoms with E-state index in [1.165, 1.54) is 10.4 Å². The van der Waals surface area contributed by atoms with Crippen LogP contribution in [0.4, 0.5) is 5.69 Å². The van der Waals surface area contributed by atoms with Crippen LogP contribution in [-0.4, -0.2) is 18.4 Å². The highest BCUT2D eigenvalue weighted by atomic mass is 127. The molecule has 3 N–H and O–H groups in total. The molecule has 0 radical (unpaired) electrons. The molecule has 2 rings (SSSR count). The summed E-state index contributed by atoms with van der Waals surface area (Å²) in [4.78, 5) is 17.7. The van der Waals surface area contributed by atoms with Crippen molar-refractivity contribution in [1.82, 2.24) is 10.6 Å². The lowest BCUT2D eigenvalue weighted by Crippen LogP contribution is -2.36. The fourth-order valence-electron chi connectivity index (χ4n) is 2.24. The van der Waals surface area contributed by atoms with Crippen LogP contribution in [0.3, 0.4) is 0 Å². The first-order valence-corrected chi connectivity index (χ1v) is 9.82. The summed E-state index contributed by atoms with van der Waals surface area (Å²) in [6.45, 7) is 10.1. The van der Waals surface area contributed by atoms with Crippen LogP contribution in [0.2, 0.25) is 0 Å². The molecule has 0 aliphatic heterocycles. The van der Waals surface area contributed by atoms with Crippen LogP contribution >= 0.6 is 35.3 Å². The molecule has 27 heavy (non-hydrogen) atoms. The molecule has 0 unspecified atom stereocenters. The Hall–Kier alpha value is -1.61. The number of nitrogens with zero attached hydrogens (tertiary/aromatic N) is 1. The molecule has 0 bridgehead atoms. The van der Waals surface area contributed by atoms with Gasteiger partial charge in [0, 0.05) is 23.0 Å². The summed E-state index contributed by atoms with van der Waals surface area (Å²) in [7, 11) is 0. The normalized spacial score (nSPS) is 11.1. The molecule has 0 saturated carbocycles. The summed E-state index contributed by atoms with van der Waals surface area (Å²) in [5.41, 5.74) is 3.21. The molecule has 0 aliphatic carbocycles. The van der Waals surface area contributed by atoms with Gasteiger partial charge in [0.15, 0.2) is 5.96 Å². The van der Waals surface area contributed by atoms with Crippen LogP contribution in [0.1, 0.15) is 36.8 Å². The van der Waals surface area contributed by atoms with Crippen molar-refractivity contribution in [3.8, 4) is 0 Å². The molecule has 1 aromatic carbocycles. The Kier molecular flexibility index (Phi) is 10.4. The number of thiophene rings is 1. The zero-order chi connectivity index (χ0) is 18.9. The third kappa shape index (κ3) is 7.88. The molecule has 0 aliphatic rings. The molecule has 0 atom stereocenters. The summed E-state index contributed by atoms with van der Waals surface area (Å²) >= 11 is 1.75. The van der Waals surface area contributed by atoms with E-state index in [1.807, 2.05) is 38.1 Å². The zero-order valence-electron chi connectivity index (χ0n) is 16.3. The number of amides is 1. The monoisotopic (exact) mass is 500 g/mol. The van der Waals surface area contributed by atoms with Gasteiger partial charge in [0.2, 0.25) is 5.91 Å². The van der Waals surface area contributed by atoms with Crippen molar-refractivity contribution >= 4 is 52.9 Å². The van der Waals surface area contributed by atoms with E-state index in [9.17, 15) is 4.79 Å². The van der Waals surface area contributed by atoms with Crippen molar-refractivity contribution in [3.63, 3.8) is 0 Å². The van der Waals surface area contributed by atoms with Crippen LogP contribution in [0.15, 0.2) is 40.7 Å². The first-order chi connectivity index (χ1) is 12.5. The van der Waals surface area contributed by atoms with E-state index in [2.05, 4.69) is 46.2 Å². The van der Waals surface area contributed by atoms with E-state index < -0.39 is 0 Å². The third-order valence-electron chi connectivity index (χ3n) is 3.89.